The molecule has 1 aliphatic rings. The molecule has 0 bridgehead atoms. The van der Waals surface area contributed by atoms with E-state index in [1.54, 1.807) is 17.8 Å². The van der Waals surface area contributed by atoms with Crippen LogP contribution in [0.25, 0.3) is 6.08 Å². The molecule has 0 unspecified atom stereocenters. The summed E-state index contributed by atoms with van der Waals surface area (Å²) in [5, 5.41) is 12.2. The molecular weight excluding hydrogens is 348 g/mol. The van der Waals surface area contributed by atoms with Crippen LogP contribution in [0.2, 0.25) is 0 Å². The molecule has 5 nitrogen and oxygen atoms in total. The maximum atomic E-state index is 12.3. The van der Waals surface area contributed by atoms with Crippen LogP contribution < -0.4 is 5.32 Å². The first-order valence-electron chi connectivity index (χ1n) is 8.74. The molecule has 1 atom stereocenters. The Morgan fingerprint density at radius 3 is 2.50 bits per heavy atom. The molecule has 1 saturated carbocycles. The van der Waals surface area contributed by atoms with E-state index in [2.05, 4.69) is 11.4 Å². The molecule has 1 aromatic carbocycles. The number of hydrogen-bond acceptors (Lipinski definition) is 5. The fraction of sp³-hybridized carbons (Fsp3) is 0.450. The van der Waals surface area contributed by atoms with Crippen LogP contribution in [0, 0.1) is 11.3 Å². The highest BCUT2D eigenvalue weighted by Crippen LogP contribution is 2.27. The second-order valence-corrected chi connectivity index (χ2v) is 7.31. The minimum atomic E-state index is -0.946. The highest BCUT2D eigenvalue weighted by molar-refractivity contribution is 7.98. The topological polar surface area (TPSA) is 79.2 Å². The Morgan fingerprint density at radius 1 is 1.27 bits per heavy atom. The van der Waals surface area contributed by atoms with Gasteiger partial charge in [-0.1, -0.05) is 31.4 Å². The largest absolute Gasteiger partial charge is 0.449 e. The van der Waals surface area contributed by atoms with Crippen molar-refractivity contribution in [3.05, 3.63) is 35.9 Å². The van der Waals surface area contributed by atoms with Crippen LogP contribution in [0.15, 0.2) is 35.2 Å². The van der Waals surface area contributed by atoms with Crippen molar-refractivity contribution in [2.24, 2.45) is 0 Å². The molecule has 0 saturated heterocycles. The van der Waals surface area contributed by atoms with Crippen molar-refractivity contribution in [1.82, 2.24) is 5.32 Å². The van der Waals surface area contributed by atoms with Gasteiger partial charge in [0.2, 0.25) is 0 Å². The molecule has 0 heterocycles. The van der Waals surface area contributed by atoms with Gasteiger partial charge in [-0.15, -0.1) is 11.8 Å². The maximum absolute atomic E-state index is 12.3. The first-order chi connectivity index (χ1) is 12.5. The van der Waals surface area contributed by atoms with Gasteiger partial charge in [0, 0.05) is 11.0 Å². The number of carbonyl (C=O) groups excluding carboxylic acids is 2. The van der Waals surface area contributed by atoms with Gasteiger partial charge in [-0.2, -0.15) is 5.26 Å². The Labute approximate surface area is 158 Å². The summed E-state index contributed by atoms with van der Waals surface area (Å²) in [6.45, 7) is 1.52. The molecule has 138 valence electrons. The third-order valence-corrected chi connectivity index (χ3v) is 5.22. The summed E-state index contributed by atoms with van der Waals surface area (Å²) < 4.78 is 5.16. The van der Waals surface area contributed by atoms with Gasteiger partial charge >= 0.3 is 5.97 Å². The number of nitriles is 1. The smallest absolute Gasteiger partial charge is 0.331 e. The van der Waals surface area contributed by atoms with Crippen molar-refractivity contribution in [1.29, 1.82) is 5.26 Å². The number of amides is 1. The summed E-state index contributed by atoms with van der Waals surface area (Å²) >= 11 is 1.65. The number of carbonyl (C=O) groups is 2. The SMILES string of the molecule is CSc1ccc(/C=C/C(=O)O[C@@H](C)C(=O)NC2(C#N)CCCCC2)cc1. The van der Waals surface area contributed by atoms with Crippen molar-refractivity contribution < 1.29 is 14.3 Å². The highest BCUT2D eigenvalue weighted by atomic mass is 32.2. The van der Waals surface area contributed by atoms with Gasteiger partial charge in [-0.3, -0.25) is 4.79 Å². The monoisotopic (exact) mass is 372 g/mol. The number of ether oxygens (including phenoxy) is 1. The molecule has 1 N–H and O–H groups in total. The van der Waals surface area contributed by atoms with Crippen LogP contribution in [0.3, 0.4) is 0 Å². The van der Waals surface area contributed by atoms with E-state index in [-0.39, 0.29) is 0 Å². The predicted octanol–water partition coefficient (Wildman–Crippen LogP) is 3.70. The standard InChI is InChI=1S/C20H24N2O3S/c1-15(19(24)22-20(14-21)12-4-3-5-13-20)25-18(23)11-8-16-6-9-17(26-2)10-7-16/h6-11,15H,3-5,12-13H2,1-2H3,(H,22,24)/b11-8+/t15-/m0/s1. The average molecular weight is 372 g/mol. The zero-order chi connectivity index (χ0) is 19.0. The van der Waals surface area contributed by atoms with Gasteiger partial charge in [0.1, 0.15) is 5.54 Å². The lowest BCUT2D eigenvalue weighted by molar-refractivity contribution is -0.150. The Morgan fingerprint density at radius 2 is 1.92 bits per heavy atom. The van der Waals surface area contributed by atoms with Crippen molar-refractivity contribution >= 4 is 29.7 Å². The fourth-order valence-corrected chi connectivity index (χ4v) is 3.31. The summed E-state index contributed by atoms with van der Waals surface area (Å²) in [6.07, 6.45) is 8.20. The average Bonchev–Trinajstić information content (AvgIpc) is 2.67. The highest BCUT2D eigenvalue weighted by Gasteiger charge is 2.35. The number of nitrogens with zero attached hydrogens (tertiary/aromatic N) is 1. The lowest BCUT2D eigenvalue weighted by atomic mass is 9.83. The fourth-order valence-electron chi connectivity index (χ4n) is 2.90. The van der Waals surface area contributed by atoms with Gasteiger partial charge in [0.25, 0.3) is 5.91 Å². The van der Waals surface area contributed by atoms with Crippen LogP contribution in [-0.4, -0.2) is 29.8 Å². The second-order valence-electron chi connectivity index (χ2n) is 6.43. The molecule has 1 amide bonds. The van der Waals surface area contributed by atoms with Crippen molar-refractivity contribution in [3.8, 4) is 6.07 Å². The minimum absolute atomic E-state index is 0.431. The summed E-state index contributed by atoms with van der Waals surface area (Å²) in [6, 6.07) is 9.98. The van der Waals surface area contributed by atoms with Gasteiger partial charge in [-0.05, 0) is 49.8 Å². The summed E-state index contributed by atoms with van der Waals surface area (Å²) in [5.41, 5.74) is 0.0488. The Balaban J connectivity index is 1.88. The maximum Gasteiger partial charge on any atom is 0.331 e. The lowest BCUT2D eigenvalue weighted by Gasteiger charge is -2.32. The van der Waals surface area contributed by atoms with Crippen LogP contribution in [-0.2, 0) is 14.3 Å². The van der Waals surface area contributed by atoms with Gasteiger partial charge in [0.15, 0.2) is 6.10 Å². The van der Waals surface area contributed by atoms with E-state index in [0.717, 1.165) is 29.7 Å². The lowest BCUT2D eigenvalue weighted by Crippen LogP contribution is -2.52. The third kappa shape index (κ3) is 5.63. The molecule has 2 rings (SSSR count). The summed E-state index contributed by atoms with van der Waals surface area (Å²) in [5.74, 6) is -1.02. The van der Waals surface area contributed by atoms with Crippen molar-refractivity contribution in [3.63, 3.8) is 0 Å². The molecule has 26 heavy (non-hydrogen) atoms. The first-order valence-corrected chi connectivity index (χ1v) is 9.96. The van der Waals surface area contributed by atoms with Gasteiger partial charge in [-0.25, -0.2) is 4.79 Å². The number of benzene rings is 1. The van der Waals surface area contributed by atoms with E-state index in [1.165, 1.54) is 13.0 Å². The van der Waals surface area contributed by atoms with E-state index in [1.807, 2.05) is 30.5 Å². The molecule has 1 aliphatic carbocycles. The zero-order valence-electron chi connectivity index (χ0n) is 15.2. The summed E-state index contributed by atoms with van der Waals surface area (Å²) in [4.78, 5) is 25.4. The molecular formula is C20H24N2O3S. The van der Waals surface area contributed by atoms with Gasteiger partial charge < -0.3 is 10.1 Å². The number of hydrogen-bond donors (Lipinski definition) is 1. The Bertz CT molecular complexity index is 701. The van der Waals surface area contributed by atoms with Crippen molar-refractivity contribution in [2.75, 3.05) is 6.26 Å². The molecule has 1 fully saturated rings. The Kier molecular flexibility index (Phi) is 7.28. The number of esters is 1. The molecule has 0 aromatic heterocycles. The van der Waals surface area contributed by atoms with E-state index in [0.29, 0.717) is 12.8 Å². The van der Waals surface area contributed by atoms with E-state index < -0.39 is 23.5 Å². The van der Waals surface area contributed by atoms with Crippen LogP contribution in [0.1, 0.15) is 44.6 Å². The normalized spacial score (nSPS) is 17.3. The van der Waals surface area contributed by atoms with E-state index in [4.69, 9.17) is 4.74 Å². The second kappa shape index (κ2) is 9.44. The van der Waals surface area contributed by atoms with E-state index in [9.17, 15) is 14.9 Å². The zero-order valence-corrected chi connectivity index (χ0v) is 16.0. The first kappa shape index (κ1) is 20.1. The number of nitrogens with one attached hydrogen (secondary N) is 1. The van der Waals surface area contributed by atoms with Crippen LogP contribution in [0.5, 0.6) is 0 Å². The molecule has 0 aliphatic heterocycles. The quantitative estimate of drug-likeness (QED) is 0.468. The minimum Gasteiger partial charge on any atom is -0.449 e. The summed E-state index contributed by atoms with van der Waals surface area (Å²) in [7, 11) is 0. The molecule has 6 heteroatoms. The molecule has 0 radical (unpaired) electrons. The third-order valence-electron chi connectivity index (χ3n) is 4.47. The number of thioether (sulfide) groups is 1. The van der Waals surface area contributed by atoms with Crippen molar-refractivity contribution in [2.45, 2.75) is 55.6 Å². The predicted molar refractivity (Wildman–Crippen MR) is 102 cm³/mol. The molecule has 0 spiro atoms. The van der Waals surface area contributed by atoms with Gasteiger partial charge in [0.05, 0.1) is 6.07 Å². The number of rotatable bonds is 6. The Hall–Kier alpha value is -2.26. The molecule has 1 aromatic rings. The van der Waals surface area contributed by atoms with Crippen LogP contribution >= 0.6 is 11.8 Å². The van der Waals surface area contributed by atoms with Crippen LogP contribution in [0.4, 0.5) is 0 Å². The van der Waals surface area contributed by atoms with E-state index >= 15 is 0 Å².